The van der Waals surface area contributed by atoms with Crippen LogP contribution >= 0.6 is 0 Å². The van der Waals surface area contributed by atoms with E-state index in [0.29, 0.717) is 19.1 Å². The normalized spacial score (nSPS) is 15.2. The van der Waals surface area contributed by atoms with Crippen LogP contribution in [0.3, 0.4) is 0 Å². The number of carbonyl (C=O) groups excluding carboxylic acids is 1. The summed E-state index contributed by atoms with van der Waals surface area (Å²) in [5.74, 6) is -1.02. The van der Waals surface area contributed by atoms with Crippen LogP contribution in [0.1, 0.15) is 41.6 Å². The summed E-state index contributed by atoms with van der Waals surface area (Å²) < 4.78 is 0. The minimum Gasteiger partial charge on any atom is -0.478 e. The second kappa shape index (κ2) is 7.05. The van der Waals surface area contributed by atoms with Gasteiger partial charge in [-0.2, -0.15) is 0 Å². The van der Waals surface area contributed by atoms with Crippen molar-refractivity contribution >= 4 is 11.9 Å². The van der Waals surface area contributed by atoms with E-state index in [2.05, 4.69) is 10.6 Å². The molecule has 1 saturated carbocycles. The molecule has 1 amide bonds. The lowest BCUT2D eigenvalue weighted by atomic mass is 10.1. The third kappa shape index (κ3) is 4.35. The van der Waals surface area contributed by atoms with Crippen molar-refractivity contribution in [1.29, 1.82) is 0 Å². The molecule has 1 aliphatic rings. The quantitative estimate of drug-likeness (QED) is 0.736. The molecule has 0 radical (unpaired) electrons. The standard InChI is InChI=1S/C15H20N2O3/c18-14(10-16-13-6-1-2-7-13)17-9-11-4-3-5-12(8-11)15(19)20/h3-5,8,13,16H,1-2,6-7,9-10H2,(H,17,18)(H,19,20). The second-order valence-corrected chi connectivity index (χ2v) is 5.14. The number of carboxylic acid groups (broad SMARTS) is 1. The van der Waals surface area contributed by atoms with Crippen LogP contribution in [0, 0.1) is 0 Å². The van der Waals surface area contributed by atoms with Gasteiger partial charge in [0.05, 0.1) is 12.1 Å². The number of hydrogen-bond donors (Lipinski definition) is 3. The van der Waals surface area contributed by atoms with Crippen LogP contribution in [-0.4, -0.2) is 29.6 Å². The fourth-order valence-corrected chi connectivity index (χ4v) is 2.44. The average molecular weight is 276 g/mol. The fourth-order valence-electron chi connectivity index (χ4n) is 2.44. The lowest BCUT2D eigenvalue weighted by molar-refractivity contribution is -0.120. The van der Waals surface area contributed by atoms with Crippen molar-refractivity contribution in [3.8, 4) is 0 Å². The van der Waals surface area contributed by atoms with E-state index in [0.717, 1.165) is 18.4 Å². The maximum absolute atomic E-state index is 11.7. The Balaban J connectivity index is 1.75. The molecule has 0 heterocycles. The zero-order valence-electron chi connectivity index (χ0n) is 11.4. The van der Waals surface area contributed by atoms with Gasteiger partial charge in [0.15, 0.2) is 0 Å². The molecule has 0 aromatic heterocycles. The lowest BCUT2D eigenvalue weighted by Gasteiger charge is -2.11. The van der Waals surface area contributed by atoms with Gasteiger partial charge < -0.3 is 15.7 Å². The van der Waals surface area contributed by atoms with Gasteiger partial charge in [-0.25, -0.2) is 4.79 Å². The summed E-state index contributed by atoms with van der Waals surface area (Å²) >= 11 is 0. The highest BCUT2D eigenvalue weighted by atomic mass is 16.4. The Hall–Kier alpha value is -1.88. The Morgan fingerprint density at radius 2 is 2.00 bits per heavy atom. The summed E-state index contributed by atoms with van der Waals surface area (Å²) in [7, 11) is 0. The van der Waals surface area contributed by atoms with Gasteiger partial charge in [0, 0.05) is 12.6 Å². The number of rotatable bonds is 6. The van der Waals surface area contributed by atoms with E-state index in [9.17, 15) is 9.59 Å². The number of carboxylic acids is 1. The average Bonchev–Trinajstić information content (AvgIpc) is 2.96. The highest BCUT2D eigenvalue weighted by Crippen LogP contribution is 2.17. The number of hydrogen-bond acceptors (Lipinski definition) is 3. The minimum atomic E-state index is -0.957. The van der Waals surface area contributed by atoms with Crippen LogP contribution in [0.5, 0.6) is 0 Å². The van der Waals surface area contributed by atoms with Crippen LogP contribution in [0.15, 0.2) is 24.3 Å². The van der Waals surface area contributed by atoms with Crippen molar-refractivity contribution in [3.63, 3.8) is 0 Å². The maximum atomic E-state index is 11.7. The number of aromatic carboxylic acids is 1. The van der Waals surface area contributed by atoms with Crippen molar-refractivity contribution in [2.45, 2.75) is 38.3 Å². The molecule has 0 spiro atoms. The molecule has 0 aliphatic heterocycles. The van der Waals surface area contributed by atoms with E-state index in [1.165, 1.54) is 18.9 Å². The van der Waals surface area contributed by atoms with Crippen molar-refractivity contribution in [2.24, 2.45) is 0 Å². The predicted molar refractivity (Wildman–Crippen MR) is 75.5 cm³/mol. The van der Waals surface area contributed by atoms with Gasteiger partial charge in [-0.15, -0.1) is 0 Å². The Morgan fingerprint density at radius 3 is 2.70 bits per heavy atom. The van der Waals surface area contributed by atoms with Crippen molar-refractivity contribution < 1.29 is 14.7 Å². The summed E-state index contributed by atoms with van der Waals surface area (Å²) in [4.78, 5) is 22.5. The highest BCUT2D eigenvalue weighted by molar-refractivity contribution is 5.87. The van der Waals surface area contributed by atoms with Gasteiger partial charge in [0.1, 0.15) is 0 Å². The van der Waals surface area contributed by atoms with Crippen LogP contribution in [0.4, 0.5) is 0 Å². The number of amides is 1. The zero-order valence-corrected chi connectivity index (χ0v) is 11.4. The fraction of sp³-hybridized carbons (Fsp3) is 0.467. The molecule has 1 aromatic carbocycles. The third-order valence-electron chi connectivity index (χ3n) is 3.57. The SMILES string of the molecule is O=C(CNC1CCCC1)NCc1cccc(C(=O)O)c1. The molecule has 20 heavy (non-hydrogen) atoms. The van der Waals surface area contributed by atoms with E-state index < -0.39 is 5.97 Å². The molecule has 1 fully saturated rings. The topological polar surface area (TPSA) is 78.4 Å². The van der Waals surface area contributed by atoms with Gasteiger partial charge in [-0.05, 0) is 30.5 Å². The Kier molecular flexibility index (Phi) is 5.12. The van der Waals surface area contributed by atoms with E-state index in [1.807, 2.05) is 0 Å². The Morgan fingerprint density at radius 1 is 1.25 bits per heavy atom. The number of nitrogens with one attached hydrogen (secondary N) is 2. The first-order valence-corrected chi connectivity index (χ1v) is 6.97. The molecule has 1 aromatic rings. The van der Waals surface area contributed by atoms with Crippen molar-refractivity contribution in [1.82, 2.24) is 10.6 Å². The number of benzene rings is 1. The van der Waals surface area contributed by atoms with E-state index >= 15 is 0 Å². The van der Waals surface area contributed by atoms with E-state index in [1.54, 1.807) is 18.2 Å². The number of carbonyl (C=O) groups is 2. The van der Waals surface area contributed by atoms with Crippen molar-refractivity contribution in [2.75, 3.05) is 6.54 Å². The van der Waals surface area contributed by atoms with Crippen LogP contribution in [0.25, 0.3) is 0 Å². The molecule has 108 valence electrons. The molecule has 3 N–H and O–H groups in total. The molecular formula is C15H20N2O3. The van der Waals surface area contributed by atoms with Crippen molar-refractivity contribution in [3.05, 3.63) is 35.4 Å². The summed E-state index contributed by atoms with van der Waals surface area (Å²) in [6.07, 6.45) is 4.77. The zero-order chi connectivity index (χ0) is 14.4. The van der Waals surface area contributed by atoms with Crippen LogP contribution in [0.2, 0.25) is 0 Å². The Bertz CT molecular complexity index is 482. The Labute approximate surface area is 118 Å². The van der Waals surface area contributed by atoms with Crippen LogP contribution in [-0.2, 0) is 11.3 Å². The second-order valence-electron chi connectivity index (χ2n) is 5.14. The first-order chi connectivity index (χ1) is 9.65. The molecular weight excluding hydrogens is 256 g/mol. The minimum absolute atomic E-state index is 0.0578. The summed E-state index contributed by atoms with van der Waals surface area (Å²) in [5, 5.41) is 14.9. The predicted octanol–water partition coefficient (Wildman–Crippen LogP) is 1.53. The summed E-state index contributed by atoms with van der Waals surface area (Å²) in [6, 6.07) is 7.07. The summed E-state index contributed by atoms with van der Waals surface area (Å²) in [5.41, 5.74) is 1.03. The lowest BCUT2D eigenvalue weighted by Crippen LogP contribution is -2.37. The molecule has 2 rings (SSSR count). The van der Waals surface area contributed by atoms with Gasteiger partial charge in [-0.3, -0.25) is 4.79 Å². The van der Waals surface area contributed by atoms with Gasteiger partial charge in [0.2, 0.25) is 5.91 Å². The summed E-state index contributed by atoms with van der Waals surface area (Å²) in [6.45, 7) is 0.676. The molecule has 1 aliphatic carbocycles. The molecule has 0 atom stereocenters. The van der Waals surface area contributed by atoms with Gasteiger partial charge >= 0.3 is 5.97 Å². The van der Waals surface area contributed by atoms with Gasteiger partial charge in [0.25, 0.3) is 0 Å². The first kappa shape index (κ1) is 14.5. The van der Waals surface area contributed by atoms with Crippen LogP contribution < -0.4 is 10.6 Å². The monoisotopic (exact) mass is 276 g/mol. The van der Waals surface area contributed by atoms with E-state index in [-0.39, 0.29) is 11.5 Å². The molecule has 5 nitrogen and oxygen atoms in total. The van der Waals surface area contributed by atoms with E-state index in [4.69, 9.17) is 5.11 Å². The van der Waals surface area contributed by atoms with Gasteiger partial charge in [-0.1, -0.05) is 25.0 Å². The smallest absolute Gasteiger partial charge is 0.335 e. The highest BCUT2D eigenvalue weighted by Gasteiger charge is 2.15. The third-order valence-corrected chi connectivity index (χ3v) is 3.57. The molecule has 5 heteroatoms. The largest absolute Gasteiger partial charge is 0.478 e. The first-order valence-electron chi connectivity index (χ1n) is 6.97. The molecule has 0 bridgehead atoms. The maximum Gasteiger partial charge on any atom is 0.335 e. The molecule has 0 unspecified atom stereocenters. The molecule has 0 saturated heterocycles.